The van der Waals surface area contributed by atoms with Crippen molar-refractivity contribution in [3.63, 3.8) is 0 Å². The van der Waals surface area contributed by atoms with Gasteiger partial charge in [0.15, 0.2) is 0 Å². The Kier molecular flexibility index (Phi) is 6.63. The molecule has 6 nitrogen and oxygen atoms in total. The van der Waals surface area contributed by atoms with Crippen LogP contribution in [0.3, 0.4) is 0 Å². The lowest BCUT2D eigenvalue weighted by Gasteiger charge is -2.26. The Balaban J connectivity index is 1.94. The summed E-state index contributed by atoms with van der Waals surface area (Å²) < 4.78 is 5.54. The third kappa shape index (κ3) is 4.47. The number of Topliss-reactive ketones (excluding diaryl/α,β-unsaturated/α-hetero) is 1. The molecule has 1 aliphatic heterocycles. The third-order valence-corrected chi connectivity index (χ3v) is 6.48. The summed E-state index contributed by atoms with van der Waals surface area (Å²) in [6.45, 7) is 6.15. The largest absolute Gasteiger partial charge is 0.507 e. The molecule has 1 fully saturated rings. The number of carbonyl (C=O) groups is 2. The number of hydrogen-bond acceptors (Lipinski definition) is 5. The van der Waals surface area contributed by atoms with Gasteiger partial charge in [-0.2, -0.15) is 0 Å². The van der Waals surface area contributed by atoms with Crippen molar-refractivity contribution >= 4 is 28.8 Å². The number of anilines is 2. The van der Waals surface area contributed by atoms with Gasteiger partial charge in [0.1, 0.15) is 11.5 Å². The molecule has 1 unspecified atom stereocenters. The number of nitrogens with zero attached hydrogens (tertiary/aromatic N) is 2. The highest BCUT2D eigenvalue weighted by atomic mass is 16.5. The number of ketones is 1. The van der Waals surface area contributed by atoms with Gasteiger partial charge in [0.05, 0.1) is 18.7 Å². The molecular formula is C30H32N2O4. The lowest BCUT2D eigenvalue weighted by Crippen LogP contribution is -2.29. The second kappa shape index (κ2) is 9.53. The van der Waals surface area contributed by atoms with Crippen molar-refractivity contribution in [3.8, 4) is 5.75 Å². The van der Waals surface area contributed by atoms with E-state index in [1.54, 1.807) is 31.4 Å². The molecular weight excluding hydrogens is 452 g/mol. The van der Waals surface area contributed by atoms with Crippen LogP contribution in [0.4, 0.5) is 11.4 Å². The van der Waals surface area contributed by atoms with E-state index in [0.29, 0.717) is 17.0 Å². The fourth-order valence-electron chi connectivity index (χ4n) is 4.55. The highest BCUT2D eigenvalue weighted by Crippen LogP contribution is 2.43. The molecule has 0 bridgehead atoms. The summed E-state index contributed by atoms with van der Waals surface area (Å²) in [5.41, 5.74) is 3.45. The maximum absolute atomic E-state index is 13.4. The first kappa shape index (κ1) is 25.0. The molecule has 0 saturated carbocycles. The molecule has 1 aliphatic rings. The zero-order valence-corrected chi connectivity index (χ0v) is 21.6. The predicted octanol–water partition coefficient (Wildman–Crippen LogP) is 5.69. The average molecular weight is 485 g/mol. The molecule has 186 valence electrons. The SMILES string of the molecule is COc1ccc(/C(O)=C2/C(=O)C(=O)N(c3ccccc3)C2c2ccc(N(C)C)cc2)cc1C(C)(C)C. The molecule has 0 radical (unpaired) electrons. The first-order chi connectivity index (χ1) is 17.0. The quantitative estimate of drug-likeness (QED) is 0.286. The summed E-state index contributed by atoms with van der Waals surface area (Å²) in [5.74, 6) is -0.901. The second-order valence-corrected chi connectivity index (χ2v) is 10.2. The number of carbonyl (C=O) groups excluding carboxylic acids is 2. The van der Waals surface area contributed by atoms with Gasteiger partial charge >= 0.3 is 0 Å². The van der Waals surface area contributed by atoms with Crippen molar-refractivity contribution in [3.05, 3.63) is 95.1 Å². The van der Waals surface area contributed by atoms with Crippen LogP contribution in [0.15, 0.2) is 78.4 Å². The fourth-order valence-corrected chi connectivity index (χ4v) is 4.55. The summed E-state index contributed by atoms with van der Waals surface area (Å²) in [7, 11) is 5.50. The van der Waals surface area contributed by atoms with E-state index in [2.05, 4.69) is 20.8 Å². The predicted molar refractivity (Wildman–Crippen MR) is 144 cm³/mol. The van der Waals surface area contributed by atoms with E-state index < -0.39 is 17.7 Å². The van der Waals surface area contributed by atoms with Crippen LogP contribution < -0.4 is 14.5 Å². The monoisotopic (exact) mass is 484 g/mol. The van der Waals surface area contributed by atoms with Crippen LogP contribution in [0.5, 0.6) is 5.75 Å². The molecule has 0 aliphatic carbocycles. The van der Waals surface area contributed by atoms with Gasteiger partial charge in [0, 0.05) is 36.6 Å². The van der Waals surface area contributed by atoms with Crippen molar-refractivity contribution in [2.24, 2.45) is 0 Å². The molecule has 6 heteroatoms. The molecule has 1 N–H and O–H groups in total. The first-order valence-corrected chi connectivity index (χ1v) is 11.9. The van der Waals surface area contributed by atoms with Gasteiger partial charge < -0.3 is 14.7 Å². The van der Waals surface area contributed by atoms with Gasteiger partial charge in [-0.05, 0) is 53.4 Å². The summed E-state index contributed by atoms with van der Waals surface area (Å²) in [4.78, 5) is 30.2. The van der Waals surface area contributed by atoms with Crippen LogP contribution >= 0.6 is 0 Å². The number of amides is 1. The number of hydrogen-bond donors (Lipinski definition) is 1. The number of aliphatic hydroxyl groups is 1. The minimum Gasteiger partial charge on any atom is -0.507 e. The fraction of sp³-hybridized carbons (Fsp3) is 0.267. The second-order valence-electron chi connectivity index (χ2n) is 10.2. The molecule has 0 spiro atoms. The molecule has 1 saturated heterocycles. The number of benzene rings is 3. The van der Waals surface area contributed by atoms with E-state index in [1.807, 2.05) is 67.5 Å². The van der Waals surface area contributed by atoms with Crippen molar-refractivity contribution < 1.29 is 19.4 Å². The maximum Gasteiger partial charge on any atom is 0.300 e. The summed E-state index contributed by atoms with van der Waals surface area (Å²) in [5, 5.41) is 11.5. The van der Waals surface area contributed by atoms with Gasteiger partial charge in [0.2, 0.25) is 0 Å². The van der Waals surface area contributed by atoms with Gasteiger partial charge in [-0.15, -0.1) is 0 Å². The minimum atomic E-state index is -0.774. The molecule has 3 aromatic rings. The summed E-state index contributed by atoms with van der Waals surface area (Å²) >= 11 is 0. The Hall–Kier alpha value is -4.06. The number of para-hydroxylation sites is 1. The summed E-state index contributed by atoms with van der Waals surface area (Å²) in [6.07, 6.45) is 0. The van der Waals surface area contributed by atoms with Gasteiger partial charge in [-0.25, -0.2) is 0 Å². The molecule has 1 amide bonds. The van der Waals surface area contributed by atoms with E-state index in [4.69, 9.17) is 4.74 Å². The van der Waals surface area contributed by atoms with E-state index in [-0.39, 0.29) is 16.7 Å². The van der Waals surface area contributed by atoms with Gasteiger partial charge in [-0.1, -0.05) is 51.1 Å². The van der Waals surface area contributed by atoms with Gasteiger partial charge in [-0.3, -0.25) is 14.5 Å². The zero-order valence-electron chi connectivity index (χ0n) is 21.6. The van der Waals surface area contributed by atoms with Gasteiger partial charge in [0.25, 0.3) is 11.7 Å². The highest BCUT2D eigenvalue weighted by Gasteiger charge is 2.47. The minimum absolute atomic E-state index is 0.0616. The van der Waals surface area contributed by atoms with Crippen molar-refractivity contribution in [1.29, 1.82) is 0 Å². The van der Waals surface area contributed by atoms with E-state index >= 15 is 0 Å². The van der Waals surface area contributed by atoms with Crippen molar-refractivity contribution in [2.45, 2.75) is 32.2 Å². The normalized spacial score (nSPS) is 17.4. The maximum atomic E-state index is 13.4. The Bertz CT molecular complexity index is 1320. The Morgan fingerprint density at radius 3 is 2.14 bits per heavy atom. The number of methoxy groups -OCH3 is 1. The van der Waals surface area contributed by atoms with Crippen LogP contribution in [0.25, 0.3) is 5.76 Å². The highest BCUT2D eigenvalue weighted by molar-refractivity contribution is 6.51. The van der Waals surface area contributed by atoms with Crippen LogP contribution in [-0.2, 0) is 15.0 Å². The van der Waals surface area contributed by atoms with Crippen LogP contribution in [0.2, 0.25) is 0 Å². The van der Waals surface area contributed by atoms with Crippen molar-refractivity contribution in [1.82, 2.24) is 0 Å². The van der Waals surface area contributed by atoms with E-state index in [0.717, 1.165) is 16.8 Å². The lowest BCUT2D eigenvalue weighted by molar-refractivity contribution is -0.132. The van der Waals surface area contributed by atoms with E-state index in [1.165, 1.54) is 4.90 Å². The standard InChI is InChI=1S/C30H32N2O4/c1-30(2,3)23-18-20(14-17-24(23)36-6)27(33)25-26(19-12-15-21(16-13-19)31(4)5)32(29(35)28(25)34)22-10-8-7-9-11-22/h7-18,26,33H,1-6H3/b27-25-. The first-order valence-electron chi connectivity index (χ1n) is 11.9. The molecule has 1 atom stereocenters. The third-order valence-electron chi connectivity index (χ3n) is 6.48. The molecule has 0 aromatic heterocycles. The Labute approximate surface area is 212 Å². The van der Waals surface area contributed by atoms with Crippen LogP contribution in [0.1, 0.15) is 43.5 Å². The summed E-state index contributed by atoms with van der Waals surface area (Å²) in [6, 6.07) is 21.3. The molecule has 4 rings (SSSR count). The van der Waals surface area contributed by atoms with Crippen molar-refractivity contribution in [2.75, 3.05) is 31.0 Å². The lowest BCUT2D eigenvalue weighted by atomic mass is 9.84. The number of rotatable bonds is 5. The zero-order chi connectivity index (χ0) is 26.2. The number of aliphatic hydroxyl groups excluding tert-OH is 1. The average Bonchev–Trinajstić information content (AvgIpc) is 3.13. The molecule has 36 heavy (non-hydrogen) atoms. The Morgan fingerprint density at radius 1 is 0.944 bits per heavy atom. The smallest absolute Gasteiger partial charge is 0.300 e. The number of ether oxygens (including phenoxy) is 1. The molecule has 3 aromatic carbocycles. The molecule has 1 heterocycles. The topological polar surface area (TPSA) is 70.1 Å². The van der Waals surface area contributed by atoms with Crippen LogP contribution in [0, 0.1) is 0 Å². The Morgan fingerprint density at radius 2 is 1.58 bits per heavy atom. The van der Waals surface area contributed by atoms with E-state index in [9.17, 15) is 14.7 Å². The van der Waals surface area contributed by atoms with Crippen LogP contribution in [-0.4, -0.2) is 38.0 Å².